The Morgan fingerprint density at radius 3 is 2.53 bits per heavy atom. The molecule has 3 saturated heterocycles. The highest BCUT2D eigenvalue weighted by molar-refractivity contribution is 5.96. The van der Waals surface area contributed by atoms with E-state index in [1.165, 1.54) is 15.5 Å². The molecule has 0 unspecified atom stereocenters. The fraction of sp³-hybridized carbons (Fsp3) is 0.510. The molecule has 3 fully saturated rings. The number of phenols is 1. The molecule has 0 radical (unpaired) electrons. The number of nitrogens with zero attached hydrogens (tertiary/aromatic N) is 5. The summed E-state index contributed by atoms with van der Waals surface area (Å²) in [7, 11) is 1.59. The average Bonchev–Trinajstić information content (AvgIpc) is 4.07. The number of phenolic OH excluding ortho intramolecular Hbond substituents is 1. The Labute approximate surface area is 374 Å². The van der Waals surface area contributed by atoms with Gasteiger partial charge in [-0.2, -0.15) is 0 Å². The molecule has 4 aromatic rings. The van der Waals surface area contributed by atoms with Gasteiger partial charge in [0, 0.05) is 80.5 Å². The number of hydrazine groups is 1. The van der Waals surface area contributed by atoms with Gasteiger partial charge in [0.1, 0.15) is 23.9 Å². The number of aromatic nitrogens is 2. The Morgan fingerprint density at radius 1 is 1.06 bits per heavy atom. The van der Waals surface area contributed by atoms with Gasteiger partial charge in [0.05, 0.1) is 24.3 Å². The van der Waals surface area contributed by atoms with Crippen molar-refractivity contribution in [2.45, 2.75) is 104 Å². The van der Waals surface area contributed by atoms with Crippen LogP contribution in [0.1, 0.15) is 71.1 Å². The first kappa shape index (κ1) is 44.8. The predicted octanol–water partition coefficient (Wildman–Crippen LogP) is 4.22. The fourth-order valence-corrected chi connectivity index (χ4v) is 9.83. The number of pyridine rings is 1. The summed E-state index contributed by atoms with van der Waals surface area (Å²) in [6.07, 6.45) is 6.16. The Kier molecular flexibility index (Phi) is 12.6. The minimum Gasteiger partial charge on any atom is -0.508 e. The van der Waals surface area contributed by atoms with Crippen molar-refractivity contribution in [2.24, 2.45) is 17.3 Å². The van der Waals surface area contributed by atoms with Gasteiger partial charge in [-0.25, -0.2) is 5.43 Å². The Bertz CT molecular complexity index is 2470. The summed E-state index contributed by atoms with van der Waals surface area (Å²) >= 11 is 0. The van der Waals surface area contributed by atoms with Crippen molar-refractivity contribution in [1.82, 2.24) is 40.4 Å². The van der Waals surface area contributed by atoms with Crippen molar-refractivity contribution < 1.29 is 33.8 Å². The van der Waals surface area contributed by atoms with E-state index < -0.39 is 47.2 Å². The lowest BCUT2D eigenvalue weighted by atomic mass is 9.84. The molecule has 4 aliphatic rings. The second kappa shape index (κ2) is 18.0. The molecule has 2 aromatic heterocycles. The lowest BCUT2D eigenvalue weighted by Crippen LogP contribution is -2.63. The summed E-state index contributed by atoms with van der Waals surface area (Å²) in [6.45, 7) is 14.5. The number of rotatable bonds is 9. The highest BCUT2D eigenvalue weighted by Gasteiger charge is 2.45. The number of hydrogen-bond donors (Lipinski definition) is 4. The number of carbonyl (C=O) groups excluding carboxylic acids is 5. The lowest BCUT2D eigenvalue weighted by Gasteiger charge is -2.42. The van der Waals surface area contributed by atoms with Gasteiger partial charge in [-0.1, -0.05) is 46.8 Å². The molecule has 64 heavy (non-hydrogen) atoms. The van der Waals surface area contributed by atoms with Crippen LogP contribution in [0.15, 0.2) is 54.9 Å². The van der Waals surface area contributed by atoms with Crippen molar-refractivity contribution in [2.75, 3.05) is 39.8 Å². The van der Waals surface area contributed by atoms with Gasteiger partial charge in [-0.3, -0.25) is 34.0 Å². The zero-order chi connectivity index (χ0) is 45.6. The van der Waals surface area contributed by atoms with Gasteiger partial charge in [0.15, 0.2) is 0 Å². The molecule has 15 nitrogen and oxygen atoms in total. The van der Waals surface area contributed by atoms with E-state index in [9.17, 15) is 29.1 Å². The van der Waals surface area contributed by atoms with Gasteiger partial charge in [-0.05, 0) is 96.7 Å². The Balaban J connectivity index is 1.17. The number of nitrogens with one attached hydrogen (secondary N) is 3. The number of aryl methyl sites for hydroxylation is 2. The minimum absolute atomic E-state index is 0.00503. The molecule has 4 aliphatic heterocycles. The zero-order valence-corrected chi connectivity index (χ0v) is 38.1. The number of cyclic esters (lactones) is 1. The normalized spacial score (nSPS) is 21.8. The molecule has 6 bridgehead atoms. The second-order valence-electron chi connectivity index (χ2n) is 19.1. The van der Waals surface area contributed by atoms with Gasteiger partial charge >= 0.3 is 5.97 Å². The number of hydrogen-bond acceptors (Lipinski definition) is 10. The molecule has 15 heteroatoms. The van der Waals surface area contributed by atoms with Crippen molar-refractivity contribution in [1.29, 1.82) is 0 Å². The topological polar surface area (TPSA) is 188 Å². The van der Waals surface area contributed by atoms with E-state index in [1.807, 2.05) is 38.4 Å². The maximum Gasteiger partial charge on any atom is 0.324 e. The van der Waals surface area contributed by atoms with E-state index in [1.54, 1.807) is 24.1 Å². The number of ether oxygens (including phenoxy) is 1. The van der Waals surface area contributed by atoms with Crippen molar-refractivity contribution in [3.05, 3.63) is 71.5 Å². The van der Waals surface area contributed by atoms with Crippen molar-refractivity contribution in [3.63, 3.8) is 0 Å². The van der Waals surface area contributed by atoms with E-state index in [0.29, 0.717) is 57.5 Å². The number of carbonyl (C=O) groups is 5. The second-order valence-corrected chi connectivity index (χ2v) is 19.1. The highest BCUT2D eigenvalue weighted by Crippen LogP contribution is 2.41. The number of amides is 4. The van der Waals surface area contributed by atoms with Crippen LogP contribution in [0.25, 0.3) is 33.3 Å². The first-order chi connectivity index (χ1) is 30.6. The van der Waals surface area contributed by atoms with Gasteiger partial charge < -0.3 is 34.8 Å². The molecule has 6 heterocycles. The van der Waals surface area contributed by atoms with Gasteiger partial charge in [0.2, 0.25) is 17.7 Å². The van der Waals surface area contributed by atoms with Gasteiger partial charge in [0.25, 0.3) is 5.91 Å². The summed E-state index contributed by atoms with van der Waals surface area (Å²) in [5.41, 5.74) is 10.3. The fourth-order valence-electron chi connectivity index (χ4n) is 9.83. The largest absolute Gasteiger partial charge is 0.508 e. The van der Waals surface area contributed by atoms with Crippen LogP contribution in [-0.4, -0.2) is 123 Å². The molecular weight excluding hydrogens is 813 g/mol. The summed E-state index contributed by atoms with van der Waals surface area (Å²) in [4.78, 5) is 76.9. The Hall–Kier alpha value is -5.80. The van der Waals surface area contributed by atoms with Gasteiger partial charge in [-0.15, -0.1) is 0 Å². The molecule has 2 aromatic carbocycles. The smallest absolute Gasteiger partial charge is 0.324 e. The van der Waals surface area contributed by atoms with Crippen LogP contribution >= 0.6 is 0 Å². The van der Waals surface area contributed by atoms with Crippen molar-refractivity contribution in [3.8, 4) is 28.1 Å². The van der Waals surface area contributed by atoms with E-state index in [4.69, 9.17) is 4.74 Å². The first-order valence-corrected chi connectivity index (χ1v) is 22.8. The molecule has 340 valence electrons. The van der Waals surface area contributed by atoms with Crippen molar-refractivity contribution >= 4 is 40.5 Å². The third-order valence-corrected chi connectivity index (χ3v) is 13.3. The van der Waals surface area contributed by atoms with E-state index in [-0.39, 0.29) is 42.6 Å². The third-order valence-electron chi connectivity index (χ3n) is 13.3. The third kappa shape index (κ3) is 8.97. The molecule has 4 atom stereocenters. The summed E-state index contributed by atoms with van der Waals surface area (Å²) in [5, 5.41) is 19.7. The van der Waals surface area contributed by atoms with Crippen LogP contribution < -0.4 is 16.1 Å². The average molecular weight is 875 g/mol. The SMILES string of the molecule is CCc1ccncc1-c1c2c3cc(ccc3n1CC)-c1cc(O)cc(c1)C[C@H](NC(=O)[C@H](C(C)C)N(C)C(=O)C1CN(C(=O)[C@H]3CN3)C1)C(=O)N1CCC[C@H](N1)C(=O)OCC(C)(C)C2. The maximum atomic E-state index is 14.7. The zero-order valence-electron chi connectivity index (χ0n) is 38.1. The van der Waals surface area contributed by atoms with E-state index >= 15 is 0 Å². The molecule has 0 saturated carbocycles. The molecule has 8 rings (SSSR count). The van der Waals surface area contributed by atoms with Crippen LogP contribution in [0.4, 0.5) is 0 Å². The first-order valence-electron chi connectivity index (χ1n) is 22.8. The quantitative estimate of drug-likeness (QED) is 0.140. The number of likely N-dealkylation sites (tertiary alicyclic amines) is 1. The number of benzene rings is 2. The Morgan fingerprint density at radius 2 is 1.83 bits per heavy atom. The minimum atomic E-state index is -1.14. The maximum absolute atomic E-state index is 14.7. The standard InChI is InChI=1S/C49H62N8O7/c1-8-30-14-15-50-23-37(30)43-36-22-49(5,6)27-64-48(63)38-11-10-16-57(53-38)47(62)39(19-29-17-32(20-34(58)18-29)31-12-13-41(35(36)21-31)56(43)9-2)52-44(59)42(28(3)4)54(7)45(60)33-25-55(26-33)46(61)40-24-51-40/h12-15,17-18,20-21,23,28,33,38-40,42,51,53,58H,8-11,16,19,22,24-27H2,1-7H3,(H,52,59)/t38-,39-,40+,42-/m0/s1. The molecular formula is C49H62N8O7. The molecule has 0 spiro atoms. The predicted molar refractivity (Wildman–Crippen MR) is 243 cm³/mol. The lowest BCUT2D eigenvalue weighted by molar-refractivity contribution is -0.155. The van der Waals surface area contributed by atoms with E-state index in [0.717, 1.165) is 45.3 Å². The highest BCUT2D eigenvalue weighted by atomic mass is 16.5. The molecule has 0 aliphatic carbocycles. The number of fused-ring (bicyclic) bond motifs is 6. The summed E-state index contributed by atoms with van der Waals surface area (Å²) in [5.74, 6) is -2.45. The van der Waals surface area contributed by atoms with E-state index in [2.05, 4.69) is 71.5 Å². The van der Waals surface area contributed by atoms with Crippen LogP contribution in [0.3, 0.4) is 0 Å². The summed E-state index contributed by atoms with van der Waals surface area (Å²) < 4.78 is 8.42. The number of aromatic hydroxyl groups is 1. The number of likely N-dealkylation sites (N-methyl/N-ethyl adjacent to an activating group) is 1. The van der Waals surface area contributed by atoms with Crippen LogP contribution in [-0.2, 0) is 54.5 Å². The monoisotopic (exact) mass is 874 g/mol. The number of esters is 1. The van der Waals surface area contributed by atoms with Crippen LogP contribution in [0.5, 0.6) is 5.75 Å². The van der Waals surface area contributed by atoms with Crippen LogP contribution in [0.2, 0.25) is 0 Å². The molecule has 4 amide bonds. The molecule has 4 N–H and O–H groups in total. The van der Waals surface area contributed by atoms with Crippen LogP contribution in [0, 0.1) is 17.3 Å². The summed E-state index contributed by atoms with van der Waals surface area (Å²) in [6, 6.07) is 10.6.